The Kier molecular flexibility index (Phi) is 6.88. The summed E-state index contributed by atoms with van der Waals surface area (Å²) in [5.41, 5.74) is 4.88. The van der Waals surface area contributed by atoms with E-state index in [-0.39, 0.29) is 18.5 Å². The van der Waals surface area contributed by atoms with Crippen molar-refractivity contribution in [1.82, 2.24) is 5.32 Å². The van der Waals surface area contributed by atoms with E-state index in [4.69, 9.17) is 0 Å². The van der Waals surface area contributed by atoms with Crippen LogP contribution in [0.15, 0.2) is 42.5 Å². The largest absolute Gasteiger partial charge is 0.348 e. The van der Waals surface area contributed by atoms with E-state index in [1.54, 1.807) is 12.1 Å². The van der Waals surface area contributed by atoms with Gasteiger partial charge in [-0.2, -0.15) is 0 Å². The number of hydrogen-bond acceptors (Lipinski definition) is 3. The summed E-state index contributed by atoms with van der Waals surface area (Å²) in [7, 11) is -3.59. The van der Waals surface area contributed by atoms with Crippen molar-refractivity contribution in [1.29, 1.82) is 0 Å². The first-order chi connectivity index (χ1) is 13.0. The average Bonchev–Trinajstić information content (AvgIpc) is 2.58. The van der Waals surface area contributed by atoms with Gasteiger partial charge in [-0.1, -0.05) is 49.7 Å². The zero-order valence-electron chi connectivity index (χ0n) is 17.5. The van der Waals surface area contributed by atoms with Gasteiger partial charge in [-0.15, -0.1) is 0 Å². The molecule has 1 amide bonds. The number of benzene rings is 2. The van der Waals surface area contributed by atoms with Crippen LogP contribution >= 0.6 is 0 Å². The number of hydrogen-bond donors (Lipinski definition) is 1. The molecule has 0 heterocycles. The highest BCUT2D eigenvalue weighted by molar-refractivity contribution is 7.92. The molecule has 1 N–H and O–H groups in total. The molecular weight excluding hydrogens is 372 g/mol. The lowest BCUT2D eigenvalue weighted by Crippen LogP contribution is -2.41. The van der Waals surface area contributed by atoms with Crippen molar-refractivity contribution < 1.29 is 13.2 Å². The number of rotatable bonds is 7. The van der Waals surface area contributed by atoms with Gasteiger partial charge in [-0.3, -0.25) is 9.10 Å². The number of aryl methyl sites for hydroxylation is 2. The normalized spacial score (nSPS) is 12.7. The van der Waals surface area contributed by atoms with Gasteiger partial charge in [0.1, 0.15) is 6.54 Å². The van der Waals surface area contributed by atoms with Crippen LogP contribution < -0.4 is 9.62 Å². The lowest BCUT2D eigenvalue weighted by atomic mass is 10.0. The second-order valence-electron chi connectivity index (χ2n) is 7.67. The van der Waals surface area contributed by atoms with E-state index in [0.717, 1.165) is 32.8 Å². The highest BCUT2D eigenvalue weighted by Crippen LogP contribution is 2.22. The van der Waals surface area contributed by atoms with Crippen molar-refractivity contribution >= 4 is 21.6 Å². The average molecular weight is 403 g/mol. The number of nitrogens with zero attached hydrogens (tertiary/aromatic N) is 1. The molecule has 2 aromatic carbocycles. The first kappa shape index (κ1) is 22.0. The number of sulfonamides is 1. The van der Waals surface area contributed by atoms with Gasteiger partial charge < -0.3 is 5.32 Å². The van der Waals surface area contributed by atoms with E-state index < -0.39 is 10.0 Å². The molecule has 0 aliphatic carbocycles. The summed E-state index contributed by atoms with van der Waals surface area (Å²) in [5.74, 6) is 0.00784. The van der Waals surface area contributed by atoms with Gasteiger partial charge in [0, 0.05) is 0 Å². The van der Waals surface area contributed by atoms with Gasteiger partial charge >= 0.3 is 0 Å². The molecule has 1 atom stereocenters. The summed E-state index contributed by atoms with van der Waals surface area (Å²) >= 11 is 0. The van der Waals surface area contributed by atoms with Crippen LogP contribution in [0.25, 0.3) is 0 Å². The van der Waals surface area contributed by atoms with E-state index in [2.05, 4.69) is 25.2 Å². The van der Waals surface area contributed by atoms with Crippen molar-refractivity contribution in [3.05, 3.63) is 64.7 Å². The molecule has 5 nitrogen and oxygen atoms in total. The van der Waals surface area contributed by atoms with E-state index in [1.807, 2.05) is 45.0 Å². The number of amides is 1. The molecule has 2 rings (SSSR count). The Morgan fingerprint density at radius 1 is 1.04 bits per heavy atom. The molecule has 0 saturated heterocycles. The van der Waals surface area contributed by atoms with Crippen LogP contribution in [-0.2, 0) is 14.8 Å². The summed E-state index contributed by atoms with van der Waals surface area (Å²) < 4.78 is 25.7. The van der Waals surface area contributed by atoms with Crippen LogP contribution in [0.4, 0.5) is 5.69 Å². The maximum atomic E-state index is 12.6. The van der Waals surface area contributed by atoms with Gasteiger partial charge in [-0.05, 0) is 55.5 Å². The second-order valence-corrected chi connectivity index (χ2v) is 9.57. The minimum absolute atomic E-state index is 0.210. The third-order valence-electron chi connectivity index (χ3n) is 4.80. The van der Waals surface area contributed by atoms with Crippen LogP contribution in [0.1, 0.15) is 55.0 Å². The van der Waals surface area contributed by atoms with Crippen LogP contribution in [-0.4, -0.2) is 27.1 Å². The van der Waals surface area contributed by atoms with Crippen molar-refractivity contribution in [3.8, 4) is 0 Å². The molecule has 0 fully saturated rings. The van der Waals surface area contributed by atoms with Crippen molar-refractivity contribution in [2.24, 2.45) is 0 Å². The number of anilines is 1. The molecule has 0 spiro atoms. The maximum Gasteiger partial charge on any atom is 0.241 e. The molecule has 0 aliphatic heterocycles. The fraction of sp³-hybridized carbons (Fsp3) is 0.409. The third-order valence-corrected chi connectivity index (χ3v) is 5.95. The molecule has 28 heavy (non-hydrogen) atoms. The van der Waals surface area contributed by atoms with E-state index in [9.17, 15) is 13.2 Å². The SMILES string of the molecule is Cc1ccc(C(C)NC(=O)CN(c2ccc(C(C)C)cc2)S(C)(=O)=O)c(C)c1. The van der Waals surface area contributed by atoms with Crippen LogP contribution in [0.3, 0.4) is 0 Å². The predicted octanol–water partition coefficient (Wildman–Crippen LogP) is 4.07. The Morgan fingerprint density at radius 2 is 1.64 bits per heavy atom. The molecule has 0 radical (unpaired) electrons. The lowest BCUT2D eigenvalue weighted by Gasteiger charge is -2.24. The topological polar surface area (TPSA) is 66.5 Å². The Balaban J connectivity index is 2.17. The lowest BCUT2D eigenvalue weighted by molar-refractivity contribution is -0.120. The minimum Gasteiger partial charge on any atom is -0.348 e. The number of carbonyl (C=O) groups excluding carboxylic acids is 1. The van der Waals surface area contributed by atoms with Crippen molar-refractivity contribution in [2.75, 3.05) is 17.1 Å². The van der Waals surface area contributed by atoms with Crippen LogP contribution in [0.2, 0.25) is 0 Å². The molecule has 2 aromatic rings. The summed E-state index contributed by atoms with van der Waals surface area (Å²) in [5, 5.41) is 2.91. The van der Waals surface area contributed by atoms with Crippen molar-refractivity contribution in [3.63, 3.8) is 0 Å². The predicted molar refractivity (Wildman–Crippen MR) is 115 cm³/mol. The number of carbonyl (C=O) groups is 1. The van der Waals surface area contributed by atoms with Gasteiger partial charge in [0.15, 0.2) is 0 Å². The van der Waals surface area contributed by atoms with Crippen LogP contribution in [0.5, 0.6) is 0 Å². The first-order valence-corrected chi connectivity index (χ1v) is 11.3. The highest BCUT2D eigenvalue weighted by Gasteiger charge is 2.22. The first-order valence-electron chi connectivity index (χ1n) is 9.43. The Morgan fingerprint density at radius 3 is 2.14 bits per heavy atom. The van der Waals surface area contributed by atoms with Gasteiger partial charge in [0.25, 0.3) is 0 Å². The maximum absolute atomic E-state index is 12.6. The smallest absolute Gasteiger partial charge is 0.241 e. The monoisotopic (exact) mass is 402 g/mol. The standard InChI is InChI=1S/C22H30N2O3S/c1-15(2)19-8-10-20(11-9-19)24(28(6,26)27)14-22(25)23-18(5)21-12-7-16(3)13-17(21)4/h7-13,15,18H,14H2,1-6H3,(H,23,25). The molecule has 0 aromatic heterocycles. The van der Waals surface area contributed by atoms with E-state index in [1.165, 1.54) is 0 Å². The summed E-state index contributed by atoms with van der Waals surface area (Å²) in [6.07, 6.45) is 1.12. The van der Waals surface area contributed by atoms with E-state index in [0.29, 0.717) is 11.6 Å². The Labute approximate surface area is 168 Å². The fourth-order valence-electron chi connectivity index (χ4n) is 3.23. The minimum atomic E-state index is -3.59. The molecule has 0 bridgehead atoms. The van der Waals surface area contributed by atoms with Gasteiger partial charge in [0.05, 0.1) is 18.0 Å². The summed E-state index contributed by atoms with van der Waals surface area (Å²) in [6.45, 7) is 9.82. The Hall–Kier alpha value is -2.34. The van der Waals surface area contributed by atoms with Gasteiger partial charge in [-0.25, -0.2) is 8.42 Å². The molecule has 152 valence electrons. The number of nitrogens with one attached hydrogen (secondary N) is 1. The quantitative estimate of drug-likeness (QED) is 0.759. The van der Waals surface area contributed by atoms with Crippen molar-refractivity contribution in [2.45, 2.75) is 46.6 Å². The second kappa shape index (κ2) is 8.78. The molecule has 0 aliphatic rings. The zero-order valence-corrected chi connectivity index (χ0v) is 18.3. The zero-order chi connectivity index (χ0) is 21.1. The third kappa shape index (κ3) is 5.58. The molecular formula is C22H30N2O3S. The highest BCUT2D eigenvalue weighted by atomic mass is 32.2. The summed E-state index contributed by atoms with van der Waals surface area (Å²) in [6, 6.07) is 13.1. The molecule has 6 heteroatoms. The summed E-state index contributed by atoms with van der Waals surface area (Å²) in [4.78, 5) is 12.6. The van der Waals surface area contributed by atoms with Gasteiger partial charge in [0.2, 0.25) is 15.9 Å². The molecule has 0 saturated carbocycles. The Bertz CT molecular complexity index is 935. The fourth-order valence-corrected chi connectivity index (χ4v) is 4.09. The van der Waals surface area contributed by atoms with E-state index >= 15 is 0 Å². The van der Waals surface area contributed by atoms with Crippen LogP contribution in [0, 0.1) is 13.8 Å². The molecule has 1 unspecified atom stereocenters.